The Labute approximate surface area is 147 Å². The molecule has 2 aromatic heterocycles. The van der Waals surface area contributed by atoms with Crippen molar-refractivity contribution in [3.63, 3.8) is 0 Å². The van der Waals surface area contributed by atoms with Crippen LogP contribution in [0.4, 0.5) is 10.7 Å². The average Bonchev–Trinajstić information content (AvgIpc) is 3.00. The van der Waals surface area contributed by atoms with E-state index in [9.17, 15) is 19.7 Å². The van der Waals surface area contributed by atoms with Crippen LogP contribution >= 0.6 is 11.3 Å². The first kappa shape index (κ1) is 18.6. The minimum absolute atomic E-state index is 0.150. The topological polar surface area (TPSA) is 116 Å². The zero-order valence-corrected chi connectivity index (χ0v) is 15.1. The lowest BCUT2D eigenvalue weighted by molar-refractivity contribution is -0.385. The number of rotatable bonds is 6. The van der Waals surface area contributed by atoms with Crippen LogP contribution in [0, 0.1) is 30.9 Å². The van der Waals surface area contributed by atoms with E-state index in [2.05, 4.69) is 10.4 Å². The number of nitrogens with zero attached hydrogens (tertiary/aromatic N) is 3. The Bertz CT molecular complexity index is 839. The van der Waals surface area contributed by atoms with Gasteiger partial charge in [-0.05, 0) is 33.3 Å². The molecule has 0 aliphatic rings. The molecular formula is C15H18N4O5S. The molecule has 1 amide bonds. The van der Waals surface area contributed by atoms with Crippen LogP contribution in [0.25, 0.3) is 0 Å². The number of anilines is 1. The third-order valence-electron chi connectivity index (χ3n) is 3.54. The maximum absolute atomic E-state index is 12.2. The van der Waals surface area contributed by atoms with Crippen LogP contribution in [0.2, 0.25) is 0 Å². The quantitative estimate of drug-likeness (QED) is 0.477. The van der Waals surface area contributed by atoms with E-state index in [-0.39, 0.29) is 24.5 Å². The predicted octanol–water partition coefficient (Wildman–Crippen LogP) is 2.59. The van der Waals surface area contributed by atoms with Gasteiger partial charge in [0, 0.05) is 4.88 Å². The van der Waals surface area contributed by atoms with Gasteiger partial charge in [-0.3, -0.25) is 19.6 Å². The van der Waals surface area contributed by atoms with Crippen molar-refractivity contribution in [3.05, 3.63) is 38.0 Å². The molecule has 0 spiro atoms. The number of nitro groups is 1. The SMILES string of the molecule is CCOC(=O)c1c(NC(=O)Cn2cc([N+](=O)[O-])c(C)n2)sc(C)c1C. The normalized spacial score (nSPS) is 10.6. The van der Waals surface area contributed by atoms with Gasteiger partial charge in [0.2, 0.25) is 5.91 Å². The Balaban J connectivity index is 2.18. The van der Waals surface area contributed by atoms with Gasteiger partial charge in [-0.2, -0.15) is 5.10 Å². The van der Waals surface area contributed by atoms with Gasteiger partial charge >= 0.3 is 11.7 Å². The van der Waals surface area contributed by atoms with Crippen LogP contribution < -0.4 is 5.32 Å². The van der Waals surface area contributed by atoms with Gasteiger partial charge in [0.1, 0.15) is 23.4 Å². The second kappa shape index (κ2) is 7.43. The highest BCUT2D eigenvalue weighted by Crippen LogP contribution is 2.33. The van der Waals surface area contributed by atoms with Crippen molar-refractivity contribution >= 4 is 33.9 Å². The van der Waals surface area contributed by atoms with Crippen molar-refractivity contribution in [2.45, 2.75) is 34.2 Å². The lowest BCUT2D eigenvalue weighted by Gasteiger charge is -2.07. The van der Waals surface area contributed by atoms with E-state index in [0.717, 1.165) is 10.4 Å². The van der Waals surface area contributed by atoms with E-state index in [0.29, 0.717) is 10.6 Å². The molecule has 0 unspecified atom stereocenters. The Morgan fingerprint density at radius 1 is 1.40 bits per heavy atom. The number of thiophene rings is 1. The molecule has 10 heteroatoms. The highest BCUT2D eigenvalue weighted by Gasteiger charge is 2.23. The third kappa shape index (κ3) is 4.02. The zero-order chi connectivity index (χ0) is 18.7. The van der Waals surface area contributed by atoms with Crippen molar-refractivity contribution in [2.24, 2.45) is 0 Å². The lowest BCUT2D eigenvalue weighted by Crippen LogP contribution is -2.20. The fourth-order valence-electron chi connectivity index (χ4n) is 2.24. The molecule has 2 aromatic rings. The number of aromatic nitrogens is 2. The summed E-state index contributed by atoms with van der Waals surface area (Å²) in [5, 5.41) is 17.9. The summed E-state index contributed by atoms with van der Waals surface area (Å²) in [5.74, 6) is -0.936. The smallest absolute Gasteiger partial charge is 0.341 e. The number of hydrogen-bond donors (Lipinski definition) is 1. The van der Waals surface area contributed by atoms with Gasteiger partial charge in [0.25, 0.3) is 0 Å². The summed E-state index contributed by atoms with van der Waals surface area (Å²) in [4.78, 5) is 35.5. The maximum atomic E-state index is 12.2. The number of hydrogen-bond acceptors (Lipinski definition) is 7. The molecule has 0 atom stereocenters. The van der Waals surface area contributed by atoms with Crippen LogP contribution in [0.5, 0.6) is 0 Å². The minimum atomic E-state index is -0.554. The van der Waals surface area contributed by atoms with E-state index in [1.807, 2.05) is 6.92 Å². The van der Waals surface area contributed by atoms with Crippen molar-refractivity contribution in [1.82, 2.24) is 9.78 Å². The van der Waals surface area contributed by atoms with Crippen LogP contribution in [-0.2, 0) is 16.1 Å². The summed E-state index contributed by atoms with van der Waals surface area (Å²) < 4.78 is 6.23. The standard InChI is InChI=1S/C15H18N4O5S/c1-5-24-15(21)13-8(2)10(4)25-14(13)16-12(20)7-18-6-11(19(22)23)9(3)17-18/h6H,5,7H2,1-4H3,(H,16,20). The molecule has 134 valence electrons. The fourth-order valence-corrected chi connectivity index (χ4v) is 3.31. The number of nitrogens with one attached hydrogen (secondary N) is 1. The molecule has 0 saturated heterocycles. The Morgan fingerprint density at radius 3 is 2.64 bits per heavy atom. The van der Waals surface area contributed by atoms with Crippen LogP contribution in [0.1, 0.15) is 33.4 Å². The molecule has 25 heavy (non-hydrogen) atoms. The number of carbonyl (C=O) groups excluding carboxylic acids is 2. The number of amides is 1. The first-order valence-corrected chi connectivity index (χ1v) is 8.31. The molecule has 0 aliphatic heterocycles. The van der Waals surface area contributed by atoms with Gasteiger partial charge in [0.15, 0.2) is 0 Å². The Morgan fingerprint density at radius 2 is 2.08 bits per heavy atom. The van der Waals surface area contributed by atoms with Crippen molar-refractivity contribution in [3.8, 4) is 0 Å². The van der Waals surface area contributed by atoms with Crippen LogP contribution in [0.3, 0.4) is 0 Å². The summed E-state index contributed by atoms with van der Waals surface area (Å²) in [6.45, 7) is 6.87. The summed E-state index contributed by atoms with van der Waals surface area (Å²) >= 11 is 1.28. The monoisotopic (exact) mass is 366 g/mol. The zero-order valence-electron chi connectivity index (χ0n) is 14.3. The van der Waals surface area contributed by atoms with Gasteiger partial charge in [-0.15, -0.1) is 11.3 Å². The molecule has 9 nitrogen and oxygen atoms in total. The van der Waals surface area contributed by atoms with E-state index >= 15 is 0 Å². The van der Waals surface area contributed by atoms with Crippen molar-refractivity contribution < 1.29 is 19.2 Å². The summed E-state index contributed by atoms with van der Waals surface area (Å²) in [6.07, 6.45) is 1.20. The first-order chi connectivity index (χ1) is 11.7. The Hall–Kier alpha value is -2.75. The number of esters is 1. The molecule has 2 rings (SSSR count). The number of ether oxygens (including phenoxy) is 1. The summed E-state index contributed by atoms with van der Waals surface area (Å²) in [7, 11) is 0. The molecule has 0 radical (unpaired) electrons. The minimum Gasteiger partial charge on any atom is -0.462 e. The second-order valence-corrected chi connectivity index (χ2v) is 6.54. The largest absolute Gasteiger partial charge is 0.462 e. The highest BCUT2D eigenvalue weighted by atomic mass is 32.1. The van der Waals surface area contributed by atoms with Gasteiger partial charge in [-0.25, -0.2) is 4.79 Å². The van der Waals surface area contributed by atoms with E-state index in [1.165, 1.54) is 29.1 Å². The van der Waals surface area contributed by atoms with E-state index in [1.54, 1.807) is 13.8 Å². The number of aryl methyl sites for hydroxylation is 2. The van der Waals surface area contributed by atoms with Crippen LogP contribution in [0.15, 0.2) is 6.20 Å². The van der Waals surface area contributed by atoms with E-state index in [4.69, 9.17) is 4.74 Å². The molecular weight excluding hydrogens is 348 g/mol. The van der Waals surface area contributed by atoms with Crippen molar-refractivity contribution in [2.75, 3.05) is 11.9 Å². The third-order valence-corrected chi connectivity index (χ3v) is 4.66. The molecule has 0 saturated carbocycles. The van der Waals surface area contributed by atoms with Gasteiger partial charge < -0.3 is 10.1 Å². The molecule has 1 N–H and O–H groups in total. The van der Waals surface area contributed by atoms with E-state index < -0.39 is 16.8 Å². The van der Waals surface area contributed by atoms with Gasteiger partial charge in [-0.1, -0.05) is 0 Å². The second-order valence-electron chi connectivity index (χ2n) is 5.31. The molecule has 2 heterocycles. The Kier molecular flexibility index (Phi) is 5.52. The average molecular weight is 366 g/mol. The molecule has 0 bridgehead atoms. The molecule has 0 fully saturated rings. The summed E-state index contributed by atoms with van der Waals surface area (Å²) in [6, 6.07) is 0. The summed E-state index contributed by atoms with van der Waals surface area (Å²) in [5.41, 5.74) is 1.17. The fraction of sp³-hybridized carbons (Fsp3) is 0.400. The maximum Gasteiger partial charge on any atom is 0.341 e. The number of carbonyl (C=O) groups is 2. The van der Waals surface area contributed by atoms with Crippen molar-refractivity contribution in [1.29, 1.82) is 0 Å². The molecule has 0 aromatic carbocycles. The van der Waals surface area contributed by atoms with Crippen LogP contribution in [-0.4, -0.2) is 33.2 Å². The van der Waals surface area contributed by atoms with Gasteiger partial charge in [0.05, 0.1) is 17.1 Å². The lowest BCUT2D eigenvalue weighted by atomic mass is 10.1. The first-order valence-electron chi connectivity index (χ1n) is 7.50. The molecule has 0 aliphatic carbocycles. The predicted molar refractivity (Wildman–Crippen MR) is 92.0 cm³/mol. The highest BCUT2D eigenvalue weighted by molar-refractivity contribution is 7.16.